The summed E-state index contributed by atoms with van der Waals surface area (Å²) in [5, 5.41) is 6.50. The summed E-state index contributed by atoms with van der Waals surface area (Å²) in [6.45, 7) is 1.45. The first kappa shape index (κ1) is 10.1. The molecule has 1 aliphatic rings. The molecule has 1 N–H and O–H groups in total. The van der Waals surface area contributed by atoms with E-state index in [0.29, 0.717) is 11.9 Å². The molecule has 0 bridgehead atoms. The molecule has 1 heterocycles. The number of nitrogens with one attached hydrogen (secondary N) is 1. The molecule has 82 valence electrons. The summed E-state index contributed by atoms with van der Waals surface area (Å²) in [5.41, 5.74) is 0. The number of nitrogens with zero attached hydrogens (tertiary/aromatic N) is 2. The summed E-state index contributed by atoms with van der Waals surface area (Å²) in [5.74, 6) is 0.287. The van der Waals surface area contributed by atoms with Gasteiger partial charge in [0.1, 0.15) is 0 Å². The fraction of sp³-hybridized carbons (Fsp3) is 0.700. The summed E-state index contributed by atoms with van der Waals surface area (Å²) in [4.78, 5) is 10.8. The van der Waals surface area contributed by atoms with Gasteiger partial charge in [-0.05, 0) is 17.5 Å². The van der Waals surface area contributed by atoms with Crippen molar-refractivity contribution in [2.45, 2.75) is 45.1 Å². The largest absolute Gasteiger partial charge is 0.302 e. The van der Waals surface area contributed by atoms with Crippen molar-refractivity contribution < 1.29 is 14.0 Å². The Balaban J connectivity index is 2.02. The summed E-state index contributed by atoms with van der Waals surface area (Å²) >= 11 is 0. The molecule has 0 atom stereocenters. The Kier molecular flexibility index (Phi) is 2.99. The van der Waals surface area contributed by atoms with Crippen molar-refractivity contribution >= 4 is 11.8 Å². The highest BCUT2D eigenvalue weighted by molar-refractivity contribution is 5.86. The van der Waals surface area contributed by atoms with Crippen molar-refractivity contribution in [1.29, 1.82) is 0 Å². The van der Waals surface area contributed by atoms with E-state index in [1.54, 1.807) is 6.20 Å². The molecule has 5 heteroatoms. The number of rotatable bonds is 2. The van der Waals surface area contributed by atoms with Gasteiger partial charge >= 0.3 is 5.88 Å². The Morgan fingerprint density at radius 1 is 1.53 bits per heavy atom. The second kappa shape index (κ2) is 4.42. The van der Waals surface area contributed by atoms with Crippen LogP contribution in [0.2, 0.25) is 0 Å². The molecule has 0 aromatic carbocycles. The molecule has 1 aromatic heterocycles. The highest BCUT2D eigenvalue weighted by Gasteiger charge is 2.26. The van der Waals surface area contributed by atoms with Gasteiger partial charge in [-0.3, -0.25) is 14.6 Å². The highest BCUT2D eigenvalue weighted by atomic mass is 16.5. The van der Waals surface area contributed by atoms with Gasteiger partial charge in [0.05, 0.1) is 0 Å². The van der Waals surface area contributed by atoms with E-state index >= 15 is 0 Å². The first-order valence-corrected chi connectivity index (χ1v) is 5.41. The van der Waals surface area contributed by atoms with Crippen molar-refractivity contribution in [3.05, 3.63) is 6.20 Å². The average Bonchev–Trinajstić information content (AvgIpc) is 2.67. The Morgan fingerprint density at radius 2 is 2.27 bits per heavy atom. The highest BCUT2D eigenvalue weighted by Crippen LogP contribution is 2.23. The number of hydrogen-bond donors (Lipinski definition) is 1. The monoisotopic (exact) mass is 210 g/mol. The smallest absolute Gasteiger partial charge is 0.289 e. The summed E-state index contributed by atoms with van der Waals surface area (Å²) in [7, 11) is 0. The summed E-state index contributed by atoms with van der Waals surface area (Å²) in [6, 6.07) is 0.435. The number of aromatic nitrogens is 2. The lowest BCUT2D eigenvalue weighted by atomic mass is 9.96. The molecule has 0 radical (unpaired) electrons. The van der Waals surface area contributed by atoms with Gasteiger partial charge in [0.25, 0.3) is 6.20 Å². The van der Waals surface area contributed by atoms with Crippen molar-refractivity contribution in [2.75, 3.05) is 5.32 Å². The van der Waals surface area contributed by atoms with Gasteiger partial charge in [0, 0.05) is 19.8 Å². The Hall–Kier alpha value is -1.39. The zero-order chi connectivity index (χ0) is 10.7. The molecular formula is C10H16N3O2+. The van der Waals surface area contributed by atoms with Crippen LogP contribution in [0.4, 0.5) is 5.88 Å². The Bertz CT molecular complexity index is 342. The van der Waals surface area contributed by atoms with Crippen LogP contribution in [-0.4, -0.2) is 11.2 Å². The molecule has 0 spiro atoms. The van der Waals surface area contributed by atoms with Gasteiger partial charge in [-0.1, -0.05) is 6.42 Å². The van der Waals surface area contributed by atoms with Crippen LogP contribution in [0.25, 0.3) is 0 Å². The predicted molar refractivity (Wildman–Crippen MR) is 53.1 cm³/mol. The van der Waals surface area contributed by atoms with Gasteiger partial charge in [-0.25, -0.2) is 0 Å². The maximum atomic E-state index is 10.8. The lowest BCUT2D eigenvalue weighted by Gasteiger charge is -2.12. The first-order valence-electron chi connectivity index (χ1n) is 5.41. The minimum Gasteiger partial charge on any atom is -0.289 e. The molecule has 0 saturated heterocycles. The Labute approximate surface area is 88.4 Å². The van der Waals surface area contributed by atoms with Crippen LogP contribution in [0, 0.1) is 0 Å². The molecule has 0 unspecified atom stereocenters. The zero-order valence-corrected chi connectivity index (χ0v) is 8.90. The van der Waals surface area contributed by atoms with Crippen LogP contribution < -0.4 is 10.00 Å². The van der Waals surface area contributed by atoms with Crippen LogP contribution in [0.3, 0.4) is 0 Å². The van der Waals surface area contributed by atoms with Gasteiger partial charge < -0.3 is 0 Å². The van der Waals surface area contributed by atoms with Gasteiger partial charge in [-0.15, -0.1) is 0 Å². The minimum absolute atomic E-state index is 0.137. The summed E-state index contributed by atoms with van der Waals surface area (Å²) in [6.07, 6.45) is 7.87. The van der Waals surface area contributed by atoms with E-state index < -0.39 is 0 Å². The van der Waals surface area contributed by atoms with E-state index in [-0.39, 0.29) is 5.91 Å². The third-order valence-electron chi connectivity index (χ3n) is 2.73. The maximum Gasteiger partial charge on any atom is 0.302 e. The molecule has 0 aliphatic heterocycles. The number of amides is 1. The first-order chi connectivity index (χ1) is 7.25. The maximum absolute atomic E-state index is 10.8. The van der Waals surface area contributed by atoms with E-state index in [0.717, 1.165) is 12.8 Å². The molecule has 1 saturated carbocycles. The molecule has 15 heavy (non-hydrogen) atoms. The van der Waals surface area contributed by atoms with E-state index in [4.69, 9.17) is 4.52 Å². The van der Waals surface area contributed by atoms with Crippen LogP contribution >= 0.6 is 0 Å². The fourth-order valence-electron chi connectivity index (χ4n) is 2.00. The number of hydrogen-bond acceptors (Lipinski definition) is 3. The second-order valence-corrected chi connectivity index (χ2v) is 4.02. The third kappa shape index (κ3) is 2.55. The minimum atomic E-state index is -0.137. The third-order valence-corrected chi connectivity index (χ3v) is 2.73. The molecule has 2 rings (SSSR count). The molecule has 1 aliphatic carbocycles. The quantitative estimate of drug-likeness (QED) is 0.751. The SMILES string of the molecule is CC(=O)Nc1c[n+](C2CCCCC2)no1. The van der Waals surface area contributed by atoms with Gasteiger partial charge in [0.2, 0.25) is 11.2 Å². The van der Waals surface area contributed by atoms with Gasteiger partial charge in [-0.2, -0.15) is 0 Å². The number of anilines is 1. The molecular weight excluding hydrogens is 194 g/mol. The predicted octanol–water partition coefficient (Wildman–Crippen LogP) is 1.43. The lowest BCUT2D eigenvalue weighted by molar-refractivity contribution is -0.787. The Morgan fingerprint density at radius 3 is 2.93 bits per heavy atom. The standard InChI is InChI=1S/C10H15N3O2/c1-8(14)11-10-7-13(12-15-10)9-5-3-2-4-6-9/h7,9H,2-6H2,1H3/p+1. The van der Waals surface area contributed by atoms with Crippen molar-refractivity contribution in [3.63, 3.8) is 0 Å². The van der Waals surface area contributed by atoms with Crippen LogP contribution in [0.5, 0.6) is 0 Å². The molecule has 1 amide bonds. The van der Waals surface area contributed by atoms with Crippen LogP contribution in [-0.2, 0) is 4.79 Å². The van der Waals surface area contributed by atoms with E-state index in [9.17, 15) is 4.79 Å². The van der Waals surface area contributed by atoms with E-state index in [2.05, 4.69) is 10.6 Å². The average molecular weight is 210 g/mol. The van der Waals surface area contributed by atoms with Crippen LogP contribution in [0.15, 0.2) is 10.7 Å². The van der Waals surface area contributed by atoms with Crippen molar-refractivity contribution in [1.82, 2.24) is 5.27 Å². The van der Waals surface area contributed by atoms with E-state index in [1.807, 2.05) is 4.68 Å². The lowest BCUT2D eigenvalue weighted by Crippen LogP contribution is -2.41. The molecule has 5 nitrogen and oxygen atoms in total. The second-order valence-electron chi connectivity index (χ2n) is 4.02. The molecule has 1 aromatic rings. The van der Waals surface area contributed by atoms with Crippen molar-refractivity contribution in [3.8, 4) is 0 Å². The number of carbonyl (C=O) groups is 1. The van der Waals surface area contributed by atoms with Gasteiger partial charge in [0.15, 0.2) is 6.04 Å². The fourth-order valence-corrected chi connectivity index (χ4v) is 2.00. The topological polar surface area (TPSA) is 59.0 Å². The normalized spacial score (nSPS) is 17.7. The van der Waals surface area contributed by atoms with Crippen LogP contribution in [0.1, 0.15) is 45.1 Å². The number of carbonyl (C=O) groups excluding carboxylic acids is 1. The van der Waals surface area contributed by atoms with Crippen molar-refractivity contribution in [2.24, 2.45) is 0 Å². The zero-order valence-electron chi connectivity index (χ0n) is 8.90. The molecule has 1 fully saturated rings. The summed E-state index contributed by atoms with van der Waals surface area (Å²) < 4.78 is 6.83. The van der Waals surface area contributed by atoms with E-state index in [1.165, 1.54) is 26.2 Å².